The van der Waals surface area contributed by atoms with Gasteiger partial charge in [-0.05, 0) is 56.5 Å². The zero-order valence-electron chi connectivity index (χ0n) is 18.8. The van der Waals surface area contributed by atoms with Crippen LogP contribution in [0.2, 0.25) is 0 Å². The lowest BCUT2D eigenvalue weighted by Crippen LogP contribution is -2.32. The van der Waals surface area contributed by atoms with E-state index in [0.717, 1.165) is 54.9 Å². The first-order chi connectivity index (χ1) is 16.2. The number of rotatable bonds is 6. The molecule has 2 saturated heterocycles. The lowest BCUT2D eigenvalue weighted by molar-refractivity contribution is 0.516. The third-order valence-electron chi connectivity index (χ3n) is 6.18. The van der Waals surface area contributed by atoms with Crippen LogP contribution in [0.25, 0.3) is 11.3 Å². The van der Waals surface area contributed by atoms with Gasteiger partial charge in [0.1, 0.15) is 23.2 Å². The van der Waals surface area contributed by atoms with Crippen LogP contribution < -0.4 is 20.4 Å². The Labute approximate surface area is 200 Å². The standard InChI is InChI=1S/C25H30N6OS/c33-25(26-18-20-11-12-21(32-20)19-9-3-1-4-10-19)29-24-27-22(30-13-5-2-6-14-30)17-23(28-24)31-15-7-8-16-31/h1,3-4,9-12,17H,2,5-8,13-16,18H2,(H2,26,27,28,29,33). The highest BCUT2D eigenvalue weighted by molar-refractivity contribution is 7.80. The quantitative estimate of drug-likeness (QED) is 0.506. The van der Waals surface area contributed by atoms with Crippen LogP contribution in [-0.4, -0.2) is 41.3 Å². The number of furan rings is 1. The van der Waals surface area contributed by atoms with E-state index in [-0.39, 0.29) is 0 Å². The first-order valence-corrected chi connectivity index (χ1v) is 12.2. The van der Waals surface area contributed by atoms with Crippen LogP contribution >= 0.6 is 12.2 Å². The Morgan fingerprint density at radius 1 is 0.848 bits per heavy atom. The fraction of sp³-hybridized carbons (Fsp3) is 0.400. The summed E-state index contributed by atoms with van der Waals surface area (Å²) in [5.41, 5.74) is 1.06. The second kappa shape index (κ2) is 10.2. The summed E-state index contributed by atoms with van der Waals surface area (Å²) < 4.78 is 5.96. The summed E-state index contributed by atoms with van der Waals surface area (Å²) in [5, 5.41) is 6.90. The number of piperidine rings is 1. The van der Waals surface area contributed by atoms with Crippen molar-refractivity contribution in [2.45, 2.75) is 38.6 Å². The van der Waals surface area contributed by atoms with Crippen LogP contribution in [0.1, 0.15) is 37.9 Å². The first kappa shape index (κ1) is 21.7. The Morgan fingerprint density at radius 3 is 2.15 bits per heavy atom. The topological polar surface area (TPSA) is 69.5 Å². The van der Waals surface area contributed by atoms with Crippen molar-refractivity contribution in [3.63, 3.8) is 0 Å². The minimum absolute atomic E-state index is 0.482. The zero-order valence-corrected chi connectivity index (χ0v) is 19.6. The van der Waals surface area contributed by atoms with E-state index in [1.165, 1.54) is 32.1 Å². The van der Waals surface area contributed by atoms with Gasteiger partial charge in [-0.1, -0.05) is 30.3 Å². The van der Waals surface area contributed by atoms with Crippen molar-refractivity contribution in [3.05, 3.63) is 54.3 Å². The molecule has 172 valence electrons. The highest BCUT2D eigenvalue weighted by atomic mass is 32.1. The molecule has 0 unspecified atom stereocenters. The summed E-state index contributed by atoms with van der Waals surface area (Å²) in [6.07, 6.45) is 6.12. The van der Waals surface area contributed by atoms with E-state index in [0.29, 0.717) is 17.6 Å². The molecular weight excluding hydrogens is 432 g/mol. The lowest BCUT2D eigenvalue weighted by Gasteiger charge is -2.29. The molecule has 2 fully saturated rings. The predicted molar refractivity (Wildman–Crippen MR) is 137 cm³/mol. The van der Waals surface area contributed by atoms with Crippen molar-refractivity contribution in [2.75, 3.05) is 41.3 Å². The van der Waals surface area contributed by atoms with Gasteiger partial charge in [-0.3, -0.25) is 0 Å². The number of benzene rings is 1. The molecule has 2 aliphatic heterocycles. The number of hydrogen-bond acceptors (Lipinski definition) is 6. The molecule has 0 amide bonds. The van der Waals surface area contributed by atoms with Gasteiger partial charge < -0.3 is 24.9 Å². The fourth-order valence-corrected chi connectivity index (χ4v) is 4.58. The molecular formula is C25H30N6OS. The minimum Gasteiger partial charge on any atom is -0.459 e. The summed E-state index contributed by atoms with van der Waals surface area (Å²) in [4.78, 5) is 14.3. The van der Waals surface area contributed by atoms with Crippen molar-refractivity contribution >= 4 is 34.9 Å². The summed E-state index contributed by atoms with van der Waals surface area (Å²) in [6.45, 7) is 4.66. The van der Waals surface area contributed by atoms with Crippen molar-refractivity contribution in [2.24, 2.45) is 0 Å². The average Bonchev–Trinajstić information content (AvgIpc) is 3.56. The number of nitrogens with zero attached hydrogens (tertiary/aromatic N) is 4. The van der Waals surface area contributed by atoms with E-state index in [2.05, 4.69) is 26.5 Å². The zero-order chi connectivity index (χ0) is 22.5. The number of aromatic nitrogens is 2. The first-order valence-electron chi connectivity index (χ1n) is 11.8. The van der Waals surface area contributed by atoms with E-state index in [9.17, 15) is 0 Å². The van der Waals surface area contributed by atoms with Gasteiger partial charge in [0.25, 0.3) is 0 Å². The van der Waals surface area contributed by atoms with Crippen LogP contribution in [0.4, 0.5) is 17.6 Å². The van der Waals surface area contributed by atoms with Crippen LogP contribution in [0.15, 0.2) is 52.9 Å². The maximum Gasteiger partial charge on any atom is 0.232 e. The number of hydrogen-bond donors (Lipinski definition) is 2. The van der Waals surface area contributed by atoms with Gasteiger partial charge in [-0.25, -0.2) is 0 Å². The SMILES string of the molecule is S=C(NCc1ccc(-c2ccccc2)o1)Nc1nc(N2CCCCC2)cc(N2CCCC2)n1. The molecule has 7 nitrogen and oxygen atoms in total. The molecule has 0 atom stereocenters. The van der Waals surface area contributed by atoms with E-state index in [1.54, 1.807) is 0 Å². The van der Waals surface area contributed by atoms with Gasteiger partial charge in [0.15, 0.2) is 5.11 Å². The second-order valence-corrected chi connectivity index (χ2v) is 9.00. The van der Waals surface area contributed by atoms with Crippen molar-refractivity contribution in [3.8, 4) is 11.3 Å². The molecule has 3 aromatic rings. The number of nitrogens with one attached hydrogen (secondary N) is 2. The molecule has 4 heterocycles. The van der Waals surface area contributed by atoms with Gasteiger partial charge in [-0.15, -0.1) is 0 Å². The Morgan fingerprint density at radius 2 is 1.48 bits per heavy atom. The summed E-state index contributed by atoms with van der Waals surface area (Å²) in [7, 11) is 0. The summed E-state index contributed by atoms with van der Waals surface area (Å²) in [5.74, 6) is 4.17. The van der Waals surface area contributed by atoms with Crippen molar-refractivity contribution < 1.29 is 4.42 Å². The van der Waals surface area contributed by atoms with E-state index < -0.39 is 0 Å². The van der Waals surface area contributed by atoms with Gasteiger partial charge in [0, 0.05) is 37.8 Å². The Hall–Kier alpha value is -3.13. The monoisotopic (exact) mass is 462 g/mol. The van der Waals surface area contributed by atoms with Gasteiger partial charge in [0.05, 0.1) is 6.54 Å². The molecule has 2 N–H and O–H groups in total. The molecule has 5 rings (SSSR count). The molecule has 8 heteroatoms. The second-order valence-electron chi connectivity index (χ2n) is 8.59. The largest absolute Gasteiger partial charge is 0.459 e. The number of anilines is 3. The van der Waals surface area contributed by atoms with Crippen LogP contribution in [-0.2, 0) is 6.54 Å². The fourth-order valence-electron chi connectivity index (χ4n) is 4.41. The van der Waals surface area contributed by atoms with Gasteiger partial charge in [0.2, 0.25) is 5.95 Å². The Bertz CT molecular complexity index is 1070. The highest BCUT2D eigenvalue weighted by Gasteiger charge is 2.20. The summed E-state index contributed by atoms with van der Waals surface area (Å²) >= 11 is 5.54. The minimum atomic E-state index is 0.482. The van der Waals surface area contributed by atoms with Gasteiger partial charge >= 0.3 is 0 Å². The molecule has 0 radical (unpaired) electrons. The smallest absolute Gasteiger partial charge is 0.232 e. The van der Waals surface area contributed by atoms with Crippen LogP contribution in [0, 0.1) is 0 Å². The van der Waals surface area contributed by atoms with E-state index >= 15 is 0 Å². The Balaban J connectivity index is 1.25. The third-order valence-corrected chi connectivity index (χ3v) is 6.42. The van der Waals surface area contributed by atoms with Crippen LogP contribution in [0.3, 0.4) is 0 Å². The van der Waals surface area contributed by atoms with Gasteiger partial charge in [-0.2, -0.15) is 9.97 Å². The molecule has 0 aliphatic carbocycles. The Kier molecular flexibility index (Phi) is 6.71. The van der Waals surface area contributed by atoms with Crippen molar-refractivity contribution in [1.29, 1.82) is 0 Å². The predicted octanol–water partition coefficient (Wildman–Crippen LogP) is 4.81. The van der Waals surface area contributed by atoms with E-state index in [1.807, 2.05) is 42.5 Å². The number of thiocarbonyl (C=S) groups is 1. The average molecular weight is 463 g/mol. The molecule has 1 aromatic carbocycles. The molecule has 0 saturated carbocycles. The molecule has 2 aromatic heterocycles. The molecule has 33 heavy (non-hydrogen) atoms. The highest BCUT2D eigenvalue weighted by Crippen LogP contribution is 2.26. The lowest BCUT2D eigenvalue weighted by atomic mass is 10.1. The van der Waals surface area contributed by atoms with Crippen LogP contribution in [0.5, 0.6) is 0 Å². The normalized spacial score (nSPS) is 16.1. The third kappa shape index (κ3) is 5.45. The summed E-state index contributed by atoms with van der Waals surface area (Å²) in [6, 6.07) is 16.2. The molecule has 0 spiro atoms. The maximum absolute atomic E-state index is 5.96. The maximum atomic E-state index is 5.96. The molecule has 0 bridgehead atoms. The molecule has 2 aliphatic rings. The van der Waals surface area contributed by atoms with E-state index in [4.69, 9.17) is 26.6 Å². The van der Waals surface area contributed by atoms with Crippen molar-refractivity contribution in [1.82, 2.24) is 15.3 Å².